The third kappa shape index (κ3) is 3.82. The Labute approximate surface area is 172 Å². The van der Waals surface area contributed by atoms with Gasteiger partial charge < -0.3 is 16.2 Å². The number of allylic oxidation sites excluding steroid dienone is 2. The number of carboxylic acid groups (broad SMARTS) is 1. The Hall–Kier alpha value is -2.93. The number of anilines is 1. The molecule has 7 heteroatoms. The van der Waals surface area contributed by atoms with E-state index in [1.54, 1.807) is 6.07 Å². The van der Waals surface area contributed by atoms with Crippen LogP contribution in [-0.4, -0.2) is 22.9 Å². The zero-order valence-corrected chi connectivity index (χ0v) is 16.5. The smallest absolute Gasteiger partial charge is 0.307 e. The maximum absolute atomic E-state index is 13.1. The highest BCUT2D eigenvalue weighted by molar-refractivity contribution is 7.16. The van der Waals surface area contributed by atoms with Crippen molar-refractivity contribution < 1.29 is 19.5 Å². The van der Waals surface area contributed by atoms with E-state index in [-0.39, 0.29) is 23.3 Å². The molecule has 6 nitrogen and oxygen atoms in total. The molecule has 1 heterocycles. The fourth-order valence-corrected chi connectivity index (χ4v) is 5.58. The van der Waals surface area contributed by atoms with Gasteiger partial charge in [0.15, 0.2) is 0 Å². The van der Waals surface area contributed by atoms with Crippen molar-refractivity contribution in [2.45, 2.75) is 19.3 Å². The molecular formula is C22H22N2O4S. The van der Waals surface area contributed by atoms with Crippen molar-refractivity contribution in [2.24, 2.45) is 29.4 Å². The Morgan fingerprint density at radius 1 is 1.07 bits per heavy atom. The molecule has 0 radical (unpaired) electrons. The minimum Gasteiger partial charge on any atom is -0.481 e. The number of carbonyl (C=O) groups is 3. The Balaban J connectivity index is 1.58. The van der Waals surface area contributed by atoms with E-state index >= 15 is 0 Å². The first kappa shape index (κ1) is 19.4. The Morgan fingerprint density at radius 2 is 1.72 bits per heavy atom. The lowest BCUT2D eigenvalue weighted by molar-refractivity contribution is -0.151. The third-order valence-electron chi connectivity index (χ3n) is 5.84. The summed E-state index contributed by atoms with van der Waals surface area (Å²) < 4.78 is 0. The molecule has 5 rings (SSSR count). The zero-order valence-electron chi connectivity index (χ0n) is 15.7. The maximum atomic E-state index is 13.1. The van der Waals surface area contributed by atoms with E-state index in [1.165, 1.54) is 11.3 Å². The van der Waals surface area contributed by atoms with E-state index < -0.39 is 23.7 Å². The number of primary amides is 1. The quantitative estimate of drug-likeness (QED) is 0.635. The van der Waals surface area contributed by atoms with Crippen molar-refractivity contribution >= 4 is 34.1 Å². The molecule has 0 saturated heterocycles. The van der Waals surface area contributed by atoms with Crippen molar-refractivity contribution in [2.75, 3.05) is 5.32 Å². The van der Waals surface area contributed by atoms with Crippen LogP contribution in [0, 0.1) is 23.7 Å². The van der Waals surface area contributed by atoms with E-state index in [1.807, 2.05) is 42.5 Å². The molecule has 4 N–H and O–H groups in total. The number of nitrogens with one attached hydrogen (secondary N) is 1. The van der Waals surface area contributed by atoms with Crippen LogP contribution in [0.4, 0.5) is 5.00 Å². The standard InChI is InChI=1S/C22H22N2O4S/c23-19(25)16-11-15(10-12-4-2-1-3-5-12)29-21(16)24-20(26)17-13-6-8-14(9-7-13)18(17)22(27)28/h1-6,8,11,13-14,17-18H,7,9-10H2,(H2,23,25)(H,24,26)(H,27,28)/t13-,14+,17+,18+/m1/s1. The molecule has 3 aliphatic carbocycles. The second-order valence-electron chi connectivity index (χ2n) is 7.65. The molecule has 2 amide bonds. The Kier molecular flexibility index (Phi) is 5.24. The van der Waals surface area contributed by atoms with Gasteiger partial charge in [-0.05, 0) is 36.3 Å². The van der Waals surface area contributed by atoms with Crippen molar-refractivity contribution in [3.63, 3.8) is 0 Å². The lowest BCUT2D eigenvalue weighted by Gasteiger charge is -2.41. The predicted molar refractivity (Wildman–Crippen MR) is 111 cm³/mol. The minimum atomic E-state index is -0.949. The largest absolute Gasteiger partial charge is 0.481 e. The summed E-state index contributed by atoms with van der Waals surface area (Å²) in [6.07, 6.45) is 6.09. The molecule has 1 aromatic heterocycles. The van der Waals surface area contributed by atoms with Crippen molar-refractivity contribution in [3.05, 3.63) is 64.6 Å². The lowest BCUT2D eigenvalue weighted by atomic mass is 9.62. The molecule has 29 heavy (non-hydrogen) atoms. The fraction of sp³-hybridized carbons (Fsp3) is 0.318. The van der Waals surface area contributed by atoms with Gasteiger partial charge in [-0.25, -0.2) is 0 Å². The van der Waals surface area contributed by atoms with Crippen LogP contribution in [0.1, 0.15) is 33.6 Å². The zero-order chi connectivity index (χ0) is 20.5. The first-order valence-electron chi connectivity index (χ1n) is 9.62. The summed E-state index contributed by atoms with van der Waals surface area (Å²) in [5, 5.41) is 12.9. The van der Waals surface area contributed by atoms with E-state index in [9.17, 15) is 19.5 Å². The van der Waals surface area contributed by atoms with Crippen molar-refractivity contribution in [1.29, 1.82) is 0 Å². The SMILES string of the molecule is NC(=O)c1cc(Cc2ccccc2)sc1NC(=O)[C@@H]1[C@@H](C(=O)O)[C@H]2C=C[C@@H]1CC2. The van der Waals surface area contributed by atoms with E-state index in [0.717, 1.165) is 23.3 Å². The van der Waals surface area contributed by atoms with Crippen LogP contribution in [0.25, 0.3) is 0 Å². The number of carboxylic acids is 1. The second kappa shape index (κ2) is 7.83. The van der Waals surface area contributed by atoms with E-state index in [4.69, 9.17) is 5.73 Å². The molecule has 2 aromatic rings. The number of thiophene rings is 1. The number of rotatable bonds is 6. The van der Waals surface area contributed by atoms with Crippen LogP contribution in [0.15, 0.2) is 48.6 Å². The van der Waals surface area contributed by atoms with Crippen LogP contribution < -0.4 is 11.1 Å². The van der Waals surface area contributed by atoms with Gasteiger partial charge in [0.2, 0.25) is 5.91 Å². The van der Waals surface area contributed by atoms with Crippen LogP contribution >= 0.6 is 11.3 Å². The Bertz CT molecular complexity index is 982. The van der Waals surface area contributed by atoms with Crippen LogP contribution in [0.3, 0.4) is 0 Å². The van der Waals surface area contributed by atoms with Crippen LogP contribution in [0.2, 0.25) is 0 Å². The number of hydrogen-bond acceptors (Lipinski definition) is 4. The summed E-state index contributed by atoms with van der Waals surface area (Å²) in [7, 11) is 0. The predicted octanol–water partition coefficient (Wildman–Crippen LogP) is 3.29. The summed E-state index contributed by atoms with van der Waals surface area (Å²) in [4.78, 5) is 37.7. The minimum absolute atomic E-state index is 0.0955. The highest BCUT2D eigenvalue weighted by atomic mass is 32.1. The van der Waals surface area contributed by atoms with E-state index in [2.05, 4.69) is 5.32 Å². The monoisotopic (exact) mass is 410 g/mol. The molecule has 3 aliphatic rings. The molecule has 2 bridgehead atoms. The molecule has 0 aliphatic heterocycles. The average molecular weight is 410 g/mol. The molecule has 1 aromatic carbocycles. The summed E-state index contributed by atoms with van der Waals surface area (Å²) in [6.45, 7) is 0. The highest BCUT2D eigenvalue weighted by Gasteiger charge is 2.48. The van der Waals surface area contributed by atoms with Gasteiger partial charge in [0, 0.05) is 11.3 Å². The number of amides is 2. The fourth-order valence-electron chi connectivity index (χ4n) is 4.49. The molecule has 1 saturated carbocycles. The third-order valence-corrected chi connectivity index (χ3v) is 6.89. The number of aliphatic carboxylic acids is 1. The normalized spacial score (nSPS) is 25.0. The van der Waals surface area contributed by atoms with Crippen molar-refractivity contribution in [3.8, 4) is 0 Å². The van der Waals surface area contributed by atoms with Crippen LogP contribution in [0.5, 0.6) is 0 Å². The average Bonchev–Trinajstić information content (AvgIpc) is 3.11. The summed E-state index contributed by atoms with van der Waals surface area (Å²) in [6, 6.07) is 11.5. The van der Waals surface area contributed by atoms with Gasteiger partial charge in [-0.3, -0.25) is 14.4 Å². The van der Waals surface area contributed by atoms with E-state index in [0.29, 0.717) is 11.4 Å². The van der Waals surface area contributed by atoms with Gasteiger partial charge in [-0.2, -0.15) is 0 Å². The van der Waals surface area contributed by atoms with Gasteiger partial charge in [0.05, 0.1) is 17.4 Å². The molecule has 0 spiro atoms. The number of benzene rings is 1. The van der Waals surface area contributed by atoms with Gasteiger partial charge >= 0.3 is 5.97 Å². The first-order chi connectivity index (χ1) is 13.9. The maximum Gasteiger partial charge on any atom is 0.307 e. The number of fused-ring (bicyclic) bond motifs is 2. The molecule has 150 valence electrons. The van der Waals surface area contributed by atoms with Gasteiger partial charge in [-0.15, -0.1) is 11.3 Å². The number of hydrogen-bond donors (Lipinski definition) is 3. The highest BCUT2D eigenvalue weighted by Crippen LogP contribution is 2.45. The van der Waals surface area contributed by atoms with Gasteiger partial charge in [-0.1, -0.05) is 42.5 Å². The first-order valence-corrected chi connectivity index (χ1v) is 10.4. The number of nitrogens with two attached hydrogens (primary N) is 1. The molecule has 0 unspecified atom stereocenters. The van der Waals surface area contributed by atoms with Gasteiger partial charge in [0.1, 0.15) is 5.00 Å². The lowest BCUT2D eigenvalue weighted by Crippen LogP contribution is -2.47. The molecule has 4 atom stereocenters. The molecular weight excluding hydrogens is 388 g/mol. The van der Waals surface area contributed by atoms with Crippen LogP contribution in [-0.2, 0) is 16.0 Å². The topological polar surface area (TPSA) is 109 Å². The van der Waals surface area contributed by atoms with Gasteiger partial charge in [0.25, 0.3) is 5.91 Å². The summed E-state index contributed by atoms with van der Waals surface area (Å²) >= 11 is 1.31. The summed E-state index contributed by atoms with van der Waals surface area (Å²) in [5.74, 6) is -3.52. The number of carbonyl (C=O) groups excluding carboxylic acids is 2. The summed E-state index contributed by atoms with van der Waals surface area (Å²) in [5.41, 5.74) is 6.87. The Morgan fingerprint density at radius 3 is 2.31 bits per heavy atom. The second-order valence-corrected chi connectivity index (χ2v) is 8.79. The van der Waals surface area contributed by atoms with Crippen molar-refractivity contribution in [1.82, 2.24) is 0 Å². The molecule has 1 fully saturated rings.